The Morgan fingerprint density at radius 1 is 0.721 bits per heavy atom. The number of carbonyl (C=O) groups is 6. The van der Waals surface area contributed by atoms with Gasteiger partial charge in [-0.3, -0.25) is 9.59 Å². The highest BCUT2D eigenvalue weighted by atomic mass is 16.6. The number of aliphatic hydroxyl groups is 1. The Bertz CT molecular complexity index is 1070. The van der Waals surface area contributed by atoms with E-state index in [0.717, 1.165) is 0 Å². The van der Waals surface area contributed by atoms with E-state index in [1.54, 1.807) is 62.4 Å². The maximum atomic E-state index is 11.8. The van der Waals surface area contributed by atoms with Crippen molar-refractivity contribution in [3.05, 3.63) is 71.8 Å². The Hall–Kier alpha value is -4.42. The van der Waals surface area contributed by atoms with E-state index in [-0.39, 0.29) is 37.5 Å². The number of esters is 3. The van der Waals surface area contributed by atoms with Gasteiger partial charge in [-0.2, -0.15) is 0 Å². The summed E-state index contributed by atoms with van der Waals surface area (Å²) in [6, 6.07) is 17.5. The van der Waals surface area contributed by atoms with Crippen LogP contribution in [0.3, 0.4) is 0 Å². The molecule has 2 aromatic carbocycles. The Balaban J connectivity index is -0.000000627. The number of aliphatic carboxylic acids is 1. The molecule has 2 aromatic rings. The van der Waals surface area contributed by atoms with Gasteiger partial charge in [0.05, 0.1) is 17.2 Å². The summed E-state index contributed by atoms with van der Waals surface area (Å²) in [6.45, 7) is 7.24. The van der Waals surface area contributed by atoms with Crippen LogP contribution in [0.4, 0.5) is 0 Å². The summed E-state index contributed by atoms with van der Waals surface area (Å²) in [7, 11) is 0. The fraction of sp³-hybridized carbons (Fsp3) is 0.419. The first-order chi connectivity index (χ1) is 19.5. The molecule has 0 aliphatic heterocycles. The summed E-state index contributed by atoms with van der Waals surface area (Å²) in [5, 5.41) is 16.8. The van der Waals surface area contributed by atoms with E-state index >= 15 is 0 Å². The molecular formula is C31H44O12. The zero-order chi connectivity index (χ0) is 31.2. The topological polar surface area (TPSA) is 202 Å². The number of benzene rings is 2. The van der Waals surface area contributed by atoms with Gasteiger partial charge in [0.2, 0.25) is 12.6 Å². The molecule has 0 radical (unpaired) electrons. The first kappa shape index (κ1) is 43.0. The molecular weight excluding hydrogens is 564 g/mol. The average molecular weight is 609 g/mol. The minimum Gasteiger partial charge on any atom is -0.476 e. The summed E-state index contributed by atoms with van der Waals surface area (Å²) in [4.78, 5) is 62.5. The molecule has 0 heterocycles. The molecule has 0 fully saturated rings. The maximum Gasteiger partial charge on any atom is 0.371 e. The molecule has 4 atom stereocenters. The van der Waals surface area contributed by atoms with Gasteiger partial charge in [0.25, 0.3) is 0 Å². The lowest BCUT2D eigenvalue weighted by Crippen LogP contribution is -2.25. The maximum absolute atomic E-state index is 11.8. The number of rotatable bonds is 13. The molecule has 0 aliphatic rings. The van der Waals surface area contributed by atoms with Crippen LogP contribution < -0.4 is 0 Å². The largest absolute Gasteiger partial charge is 0.476 e. The fourth-order valence-electron chi connectivity index (χ4n) is 3.16. The molecule has 0 amide bonds. The van der Waals surface area contributed by atoms with Gasteiger partial charge in [0, 0.05) is 12.8 Å². The summed E-state index contributed by atoms with van der Waals surface area (Å²) in [5.41, 5.74) is 1.01. The lowest BCUT2D eigenvalue weighted by Gasteiger charge is -2.19. The van der Waals surface area contributed by atoms with E-state index in [1.165, 1.54) is 0 Å². The van der Waals surface area contributed by atoms with Crippen molar-refractivity contribution in [1.82, 2.24) is 0 Å². The number of aliphatic hydroxyl groups excluding tert-OH is 1. The Morgan fingerprint density at radius 3 is 1.44 bits per heavy atom. The molecule has 0 spiro atoms. The predicted molar refractivity (Wildman–Crippen MR) is 158 cm³/mol. The highest BCUT2D eigenvalue weighted by molar-refractivity contribution is 6.20. The zero-order valence-corrected chi connectivity index (χ0v) is 24.1. The van der Waals surface area contributed by atoms with Crippen molar-refractivity contribution in [2.75, 3.05) is 0 Å². The van der Waals surface area contributed by atoms with Crippen LogP contribution >= 0.6 is 0 Å². The van der Waals surface area contributed by atoms with Crippen molar-refractivity contribution in [2.24, 2.45) is 0 Å². The number of ether oxygens (including phenoxy) is 3. The van der Waals surface area contributed by atoms with Crippen molar-refractivity contribution >= 4 is 36.4 Å². The normalized spacial score (nSPS) is 12.1. The molecule has 0 saturated carbocycles. The summed E-state index contributed by atoms with van der Waals surface area (Å²) < 4.78 is 15.4. The van der Waals surface area contributed by atoms with Crippen molar-refractivity contribution in [3.63, 3.8) is 0 Å². The van der Waals surface area contributed by atoms with Crippen LogP contribution in [0.2, 0.25) is 0 Å². The number of aldehydes is 2. The molecule has 0 saturated heterocycles. The lowest BCUT2D eigenvalue weighted by atomic mass is 10.1. The van der Waals surface area contributed by atoms with Crippen LogP contribution in [-0.4, -0.2) is 76.6 Å². The van der Waals surface area contributed by atoms with E-state index in [2.05, 4.69) is 0 Å². The van der Waals surface area contributed by atoms with Crippen LogP contribution in [0, 0.1) is 0 Å². The van der Waals surface area contributed by atoms with Crippen molar-refractivity contribution < 1.29 is 58.7 Å². The van der Waals surface area contributed by atoms with Crippen LogP contribution in [0.1, 0.15) is 81.5 Å². The standard InChI is InChI=1S/C15H18O5.C13H18O3.C2H2O3.CH4.H2O/c1-3-13(20-14(17)10-16)9-11(2)19-15(18)12-7-5-4-6-8-12;1-3-12(14)9-10(2)16-13(15)11-7-5-4-6-8-11;3-1-2(4)5;;/h4-8,10-11,13H,3,9H2,1-2H3;4-8,10,12,14H,3,9H2,1-2H3;1H,(H,4,5);1H4;1H2. The van der Waals surface area contributed by atoms with E-state index in [0.29, 0.717) is 36.8 Å². The Kier molecular flexibility index (Phi) is 25.3. The van der Waals surface area contributed by atoms with Crippen molar-refractivity contribution in [2.45, 2.75) is 85.2 Å². The molecule has 4 unspecified atom stereocenters. The van der Waals surface area contributed by atoms with Gasteiger partial charge < -0.3 is 29.9 Å². The van der Waals surface area contributed by atoms with Gasteiger partial charge in [-0.1, -0.05) is 57.7 Å². The number of hydrogen-bond donors (Lipinski definition) is 2. The molecule has 0 aliphatic carbocycles. The SMILES string of the molecule is C.CCC(CC(C)OC(=O)c1ccccc1)OC(=O)C=O.CCC(O)CC(C)OC(=O)c1ccccc1.O.O=CC(=O)O. The van der Waals surface area contributed by atoms with Gasteiger partial charge in [-0.15, -0.1) is 0 Å². The predicted octanol–water partition coefficient (Wildman–Crippen LogP) is 3.62. The third-order valence-corrected chi connectivity index (χ3v) is 5.24. The Labute approximate surface area is 252 Å². The molecule has 12 nitrogen and oxygen atoms in total. The van der Waals surface area contributed by atoms with E-state index in [4.69, 9.17) is 28.9 Å². The lowest BCUT2D eigenvalue weighted by molar-refractivity contribution is -0.154. The smallest absolute Gasteiger partial charge is 0.371 e. The van der Waals surface area contributed by atoms with Crippen molar-refractivity contribution in [3.8, 4) is 0 Å². The second-order valence-corrected chi connectivity index (χ2v) is 8.74. The van der Waals surface area contributed by atoms with Gasteiger partial charge in [-0.25, -0.2) is 19.2 Å². The van der Waals surface area contributed by atoms with E-state index in [9.17, 15) is 24.3 Å². The number of carbonyl (C=O) groups excluding carboxylic acids is 5. The summed E-state index contributed by atoms with van der Waals surface area (Å²) in [5.74, 6) is -3.09. The second-order valence-electron chi connectivity index (χ2n) is 8.74. The van der Waals surface area contributed by atoms with Crippen LogP contribution in [-0.2, 0) is 33.4 Å². The molecule has 12 heteroatoms. The third-order valence-electron chi connectivity index (χ3n) is 5.24. The molecule has 4 N–H and O–H groups in total. The molecule has 2 rings (SSSR count). The van der Waals surface area contributed by atoms with Gasteiger partial charge in [0.1, 0.15) is 18.3 Å². The van der Waals surface area contributed by atoms with E-state index < -0.39 is 36.2 Å². The molecule has 43 heavy (non-hydrogen) atoms. The number of carboxylic acid groups (broad SMARTS) is 1. The number of hydrogen-bond acceptors (Lipinski definition) is 10. The second kappa shape index (κ2) is 25.3. The fourth-order valence-corrected chi connectivity index (χ4v) is 3.16. The van der Waals surface area contributed by atoms with Gasteiger partial charge in [0.15, 0.2) is 0 Å². The van der Waals surface area contributed by atoms with Gasteiger partial charge in [-0.05, 0) is 51.0 Å². The van der Waals surface area contributed by atoms with Crippen LogP contribution in [0.5, 0.6) is 0 Å². The highest BCUT2D eigenvalue weighted by Gasteiger charge is 2.19. The summed E-state index contributed by atoms with van der Waals surface area (Å²) >= 11 is 0. The third kappa shape index (κ3) is 21.0. The average Bonchev–Trinajstić information content (AvgIpc) is 2.97. The monoisotopic (exact) mass is 608 g/mol. The van der Waals surface area contributed by atoms with E-state index in [1.807, 2.05) is 26.0 Å². The summed E-state index contributed by atoms with van der Waals surface area (Å²) in [6.07, 6.45) is 0.507. The van der Waals surface area contributed by atoms with Gasteiger partial charge >= 0.3 is 23.9 Å². The van der Waals surface area contributed by atoms with Crippen LogP contribution in [0.25, 0.3) is 0 Å². The quantitative estimate of drug-likeness (QED) is 0.145. The number of carboxylic acids is 1. The Morgan fingerprint density at radius 2 is 1.12 bits per heavy atom. The first-order valence-corrected chi connectivity index (χ1v) is 13.0. The van der Waals surface area contributed by atoms with Crippen LogP contribution in [0.15, 0.2) is 60.7 Å². The molecule has 0 bridgehead atoms. The minimum atomic E-state index is -1.43. The molecule has 0 aromatic heterocycles. The minimum absolute atomic E-state index is 0. The first-order valence-electron chi connectivity index (χ1n) is 13.0. The zero-order valence-electron chi connectivity index (χ0n) is 24.1. The highest BCUT2D eigenvalue weighted by Crippen LogP contribution is 2.12. The molecule has 240 valence electrons. The van der Waals surface area contributed by atoms with Crippen molar-refractivity contribution in [1.29, 1.82) is 0 Å².